The van der Waals surface area contributed by atoms with E-state index in [0.717, 1.165) is 5.56 Å². The molecule has 23 heavy (non-hydrogen) atoms. The summed E-state index contributed by atoms with van der Waals surface area (Å²) >= 11 is -1.04. The molecule has 2 N–H and O–H groups in total. The van der Waals surface area contributed by atoms with Crippen molar-refractivity contribution in [3.05, 3.63) is 71.8 Å². The van der Waals surface area contributed by atoms with Crippen molar-refractivity contribution in [1.29, 1.82) is 0 Å². The van der Waals surface area contributed by atoms with E-state index in [1.807, 2.05) is 36.4 Å². The summed E-state index contributed by atoms with van der Waals surface area (Å²) in [6, 6.07) is 18.5. The van der Waals surface area contributed by atoms with Crippen LogP contribution in [0.2, 0.25) is 5.21 Å². The summed E-state index contributed by atoms with van der Waals surface area (Å²) < 4.78 is 10.5. The molecule has 2 aromatic rings. The molecule has 0 heterocycles. The monoisotopic (exact) mass is 375 g/mol. The first-order valence-corrected chi connectivity index (χ1v) is 9.48. The molecule has 0 saturated heterocycles. The van der Waals surface area contributed by atoms with Gasteiger partial charge in [-0.25, -0.2) is 0 Å². The summed E-state index contributed by atoms with van der Waals surface area (Å²) in [5.74, 6) is -0.344. The van der Waals surface area contributed by atoms with Crippen molar-refractivity contribution in [2.24, 2.45) is 5.73 Å². The molecule has 0 aliphatic rings. The molecule has 0 aliphatic heterocycles. The average molecular weight is 375 g/mol. The summed E-state index contributed by atoms with van der Waals surface area (Å²) in [7, 11) is 0. The number of rotatable bonds is 7. The molecule has 0 spiro atoms. The molecule has 2 rings (SSSR count). The number of nitrogens with two attached hydrogens (primary N) is 1. The predicted molar refractivity (Wildman–Crippen MR) is 88.4 cm³/mol. The van der Waals surface area contributed by atoms with Crippen LogP contribution in [0.4, 0.5) is 4.79 Å². The molecular formula is C17H18AsNO4. The zero-order valence-electron chi connectivity index (χ0n) is 12.5. The van der Waals surface area contributed by atoms with Crippen LogP contribution < -0.4 is 5.73 Å². The van der Waals surface area contributed by atoms with E-state index in [2.05, 4.69) is 0 Å². The number of benzene rings is 2. The standard InChI is InChI=1S/C17H18AsNO4/c19-17(21)22-15(11-13-7-3-1-4-8-13)12-18-23-16(20)14-9-5-2-6-10-14/h1-10,15,18H,11-12H2,(H2,19,21). The molecule has 2 unspecified atom stereocenters. The van der Waals surface area contributed by atoms with E-state index in [-0.39, 0.29) is 12.1 Å². The number of carbonyl (C=O) groups excluding carboxylic acids is 2. The van der Waals surface area contributed by atoms with Gasteiger partial charge in [0.2, 0.25) is 0 Å². The predicted octanol–water partition coefficient (Wildman–Crippen LogP) is 2.32. The second-order valence-corrected chi connectivity index (χ2v) is 6.74. The second kappa shape index (κ2) is 9.01. The molecule has 0 fully saturated rings. The van der Waals surface area contributed by atoms with E-state index >= 15 is 0 Å². The first kappa shape index (κ1) is 17.1. The maximum absolute atomic E-state index is 11.9. The van der Waals surface area contributed by atoms with Crippen molar-refractivity contribution in [1.82, 2.24) is 0 Å². The number of primary amides is 1. The maximum atomic E-state index is 11.9. The van der Waals surface area contributed by atoms with E-state index in [1.54, 1.807) is 24.3 Å². The molecule has 2 atom stereocenters. The van der Waals surface area contributed by atoms with Gasteiger partial charge in [-0.15, -0.1) is 0 Å². The van der Waals surface area contributed by atoms with Gasteiger partial charge >= 0.3 is 141 Å². The summed E-state index contributed by atoms with van der Waals surface area (Å²) in [6.45, 7) is 0. The van der Waals surface area contributed by atoms with Gasteiger partial charge in [0.25, 0.3) is 0 Å². The Hall–Kier alpha value is -2.26. The van der Waals surface area contributed by atoms with Crippen molar-refractivity contribution in [3.63, 3.8) is 0 Å². The molecule has 2 aromatic carbocycles. The normalized spacial score (nSPS) is 12.0. The van der Waals surface area contributed by atoms with Gasteiger partial charge in [0.1, 0.15) is 0 Å². The third-order valence-electron chi connectivity index (χ3n) is 3.07. The van der Waals surface area contributed by atoms with Crippen LogP contribution in [0.3, 0.4) is 0 Å². The SMILES string of the molecule is NC(=O)OC(C[AsH]OC(=O)c1ccccc1)Cc1ccccc1. The quantitative estimate of drug-likeness (QED) is 0.754. The van der Waals surface area contributed by atoms with Crippen LogP contribution in [0.25, 0.3) is 0 Å². The average Bonchev–Trinajstić information content (AvgIpc) is 2.56. The summed E-state index contributed by atoms with van der Waals surface area (Å²) in [5.41, 5.74) is 6.68. The summed E-state index contributed by atoms with van der Waals surface area (Å²) in [6.07, 6.45) is -0.638. The Morgan fingerprint density at radius 1 is 1.00 bits per heavy atom. The third-order valence-corrected chi connectivity index (χ3v) is 5.07. The van der Waals surface area contributed by atoms with Gasteiger partial charge in [-0.05, 0) is 0 Å². The second-order valence-electron chi connectivity index (χ2n) is 4.85. The Morgan fingerprint density at radius 2 is 1.61 bits per heavy atom. The van der Waals surface area contributed by atoms with E-state index in [1.165, 1.54) is 0 Å². The number of amides is 1. The van der Waals surface area contributed by atoms with Crippen LogP contribution in [0.5, 0.6) is 0 Å². The molecule has 0 aromatic heterocycles. The number of carbonyl (C=O) groups is 2. The fourth-order valence-electron chi connectivity index (χ4n) is 2.03. The Kier molecular flexibility index (Phi) is 6.70. The molecule has 0 aliphatic carbocycles. The van der Waals surface area contributed by atoms with Crippen molar-refractivity contribution in [2.75, 3.05) is 0 Å². The zero-order chi connectivity index (χ0) is 16.5. The fourth-order valence-corrected chi connectivity index (χ4v) is 3.59. The molecule has 120 valence electrons. The van der Waals surface area contributed by atoms with Crippen molar-refractivity contribution < 1.29 is 18.1 Å². The molecule has 0 bridgehead atoms. The zero-order valence-corrected chi connectivity index (χ0v) is 14.6. The molecule has 5 nitrogen and oxygen atoms in total. The summed E-state index contributed by atoms with van der Waals surface area (Å²) in [4.78, 5) is 22.9. The molecular weight excluding hydrogens is 357 g/mol. The molecule has 6 heteroatoms. The Bertz CT molecular complexity index is 634. The van der Waals surface area contributed by atoms with E-state index < -0.39 is 22.2 Å². The van der Waals surface area contributed by atoms with Gasteiger partial charge in [-0.1, -0.05) is 0 Å². The molecule has 0 saturated carbocycles. The van der Waals surface area contributed by atoms with Crippen LogP contribution in [0, 0.1) is 0 Å². The summed E-state index contributed by atoms with van der Waals surface area (Å²) in [5, 5.41) is 0.510. The van der Waals surface area contributed by atoms with Crippen molar-refractivity contribution >= 4 is 28.2 Å². The fraction of sp³-hybridized carbons (Fsp3) is 0.176. The van der Waals surface area contributed by atoms with Gasteiger partial charge < -0.3 is 0 Å². The van der Waals surface area contributed by atoms with Gasteiger partial charge in [0, 0.05) is 0 Å². The van der Waals surface area contributed by atoms with E-state index in [0.29, 0.717) is 17.2 Å². The van der Waals surface area contributed by atoms with Crippen LogP contribution in [-0.2, 0) is 14.9 Å². The Labute approximate surface area is 141 Å². The van der Waals surface area contributed by atoms with Gasteiger partial charge in [0.05, 0.1) is 0 Å². The Balaban J connectivity index is 1.86. The number of hydrogen-bond acceptors (Lipinski definition) is 4. The number of ether oxygens (including phenoxy) is 1. The van der Waals surface area contributed by atoms with Gasteiger partial charge in [-0.2, -0.15) is 0 Å². The third kappa shape index (κ3) is 6.17. The first-order valence-electron chi connectivity index (χ1n) is 7.14. The number of hydrogen-bond donors (Lipinski definition) is 1. The van der Waals surface area contributed by atoms with E-state index in [4.69, 9.17) is 14.2 Å². The first-order chi connectivity index (χ1) is 11.1. The molecule has 0 radical (unpaired) electrons. The van der Waals surface area contributed by atoms with E-state index in [9.17, 15) is 9.59 Å². The van der Waals surface area contributed by atoms with Crippen LogP contribution in [0.15, 0.2) is 60.7 Å². The van der Waals surface area contributed by atoms with Gasteiger partial charge in [0.15, 0.2) is 0 Å². The minimum absolute atomic E-state index is 0.344. The van der Waals surface area contributed by atoms with Crippen molar-refractivity contribution in [2.45, 2.75) is 17.7 Å². The Morgan fingerprint density at radius 3 is 2.22 bits per heavy atom. The van der Waals surface area contributed by atoms with Crippen LogP contribution >= 0.6 is 0 Å². The van der Waals surface area contributed by atoms with Crippen molar-refractivity contribution in [3.8, 4) is 0 Å². The molecule has 1 amide bonds. The topological polar surface area (TPSA) is 78.6 Å². The van der Waals surface area contributed by atoms with Gasteiger partial charge in [-0.3, -0.25) is 0 Å². The van der Waals surface area contributed by atoms with Crippen LogP contribution in [-0.4, -0.2) is 34.3 Å². The minimum atomic E-state index is -1.04. The van der Waals surface area contributed by atoms with Crippen LogP contribution in [0.1, 0.15) is 15.9 Å².